The van der Waals surface area contributed by atoms with Gasteiger partial charge < -0.3 is 14.3 Å². The highest BCUT2D eigenvalue weighted by Gasteiger charge is 2.20. The van der Waals surface area contributed by atoms with Crippen molar-refractivity contribution in [2.24, 2.45) is 5.92 Å². The molecule has 2 aliphatic heterocycles. The number of hydrogen-bond acceptors (Lipinski definition) is 7. The van der Waals surface area contributed by atoms with Crippen molar-refractivity contribution in [3.8, 4) is 11.4 Å². The van der Waals surface area contributed by atoms with E-state index in [1.165, 1.54) is 32.2 Å². The molecule has 2 aromatic heterocycles. The molecule has 0 aliphatic carbocycles. The molecule has 2 fully saturated rings. The Labute approximate surface area is 174 Å². The highest BCUT2D eigenvalue weighted by atomic mass is 16.5. The number of nitrogens with zero attached hydrogens (tertiary/aromatic N) is 6. The summed E-state index contributed by atoms with van der Waals surface area (Å²) >= 11 is 0. The van der Waals surface area contributed by atoms with E-state index in [-0.39, 0.29) is 0 Å². The van der Waals surface area contributed by atoms with E-state index in [4.69, 9.17) is 4.52 Å². The van der Waals surface area contributed by atoms with Crippen molar-refractivity contribution < 1.29 is 4.52 Å². The fraction of sp³-hybridized carbons (Fsp3) is 0.682. The minimum Gasteiger partial charge on any atom is -0.357 e. The SMILES string of the molecule is CCCCN1CCN(Cc2nc(-c3ccc(N4CCC(C)CC4)nc3)no2)CC1. The third kappa shape index (κ3) is 5.34. The maximum absolute atomic E-state index is 5.52. The molecule has 4 rings (SSSR count). The van der Waals surface area contributed by atoms with Crippen molar-refractivity contribution in [1.82, 2.24) is 24.9 Å². The van der Waals surface area contributed by atoms with Gasteiger partial charge in [-0.3, -0.25) is 4.90 Å². The summed E-state index contributed by atoms with van der Waals surface area (Å²) in [5, 5.41) is 4.18. The van der Waals surface area contributed by atoms with Gasteiger partial charge in [0.25, 0.3) is 0 Å². The van der Waals surface area contributed by atoms with Crippen LogP contribution >= 0.6 is 0 Å². The van der Waals surface area contributed by atoms with E-state index in [9.17, 15) is 0 Å². The summed E-state index contributed by atoms with van der Waals surface area (Å²) in [7, 11) is 0. The second kappa shape index (κ2) is 9.67. The van der Waals surface area contributed by atoms with Crippen LogP contribution in [0.4, 0.5) is 5.82 Å². The van der Waals surface area contributed by atoms with Gasteiger partial charge in [-0.1, -0.05) is 25.4 Å². The number of anilines is 1. The average Bonchev–Trinajstić information content (AvgIpc) is 3.22. The van der Waals surface area contributed by atoms with Crippen molar-refractivity contribution >= 4 is 5.82 Å². The van der Waals surface area contributed by atoms with Crippen LogP contribution in [0.15, 0.2) is 22.9 Å². The Balaban J connectivity index is 1.30. The lowest BCUT2D eigenvalue weighted by Crippen LogP contribution is -2.46. The van der Waals surface area contributed by atoms with E-state index >= 15 is 0 Å². The van der Waals surface area contributed by atoms with Crippen LogP contribution in [0.25, 0.3) is 11.4 Å². The second-order valence-electron chi connectivity index (χ2n) is 8.56. The van der Waals surface area contributed by atoms with E-state index in [1.54, 1.807) is 0 Å². The van der Waals surface area contributed by atoms with Gasteiger partial charge in [-0.2, -0.15) is 4.98 Å². The molecule has 4 heterocycles. The molecular formula is C22H34N6O. The molecule has 0 amide bonds. The smallest absolute Gasteiger partial charge is 0.241 e. The highest BCUT2D eigenvalue weighted by Crippen LogP contribution is 2.23. The number of aromatic nitrogens is 3. The first-order valence-electron chi connectivity index (χ1n) is 11.2. The standard InChI is InChI=1S/C22H34N6O/c1-3-4-9-26-12-14-27(15-13-26)17-21-24-22(25-29-21)19-5-6-20(23-16-19)28-10-7-18(2)8-11-28/h5-6,16,18H,3-4,7-15,17H2,1-2H3. The van der Waals surface area contributed by atoms with Crippen molar-refractivity contribution in [2.75, 3.05) is 50.7 Å². The number of unbranched alkanes of at least 4 members (excludes halogenated alkanes) is 1. The van der Waals surface area contributed by atoms with Crippen LogP contribution < -0.4 is 4.90 Å². The molecule has 158 valence electrons. The van der Waals surface area contributed by atoms with Crippen molar-refractivity contribution in [1.29, 1.82) is 0 Å². The van der Waals surface area contributed by atoms with Gasteiger partial charge in [-0.25, -0.2) is 4.98 Å². The van der Waals surface area contributed by atoms with Crippen LogP contribution in [0.5, 0.6) is 0 Å². The third-order valence-electron chi connectivity index (χ3n) is 6.23. The molecule has 0 spiro atoms. The van der Waals surface area contributed by atoms with Gasteiger partial charge in [0.05, 0.1) is 6.54 Å². The van der Waals surface area contributed by atoms with Crippen LogP contribution in [-0.2, 0) is 6.54 Å². The van der Waals surface area contributed by atoms with E-state index in [0.717, 1.165) is 63.1 Å². The minimum atomic E-state index is 0.632. The van der Waals surface area contributed by atoms with Gasteiger partial charge in [0.1, 0.15) is 5.82 Å². The Hall–Kier alpha value is -1.99. The molecule has 7 nitrogen and oxygen atoms in total. The first-order chi connectivity index (χ1) is 14.2. The lowest BCUT2D eigenvalue weighted by molar-refractivity contribution is 0.116. The summed E-state index contributed by atoms with van der Waals surface area (Å²) < 4.78 is 5.52. The molecule has 0 unspecified atom stereocenters. The van der Waals surface area contributed by atoms with E-state index in [2.05, 4.69) is 55.8 Å². The van der Waals surface area contributed by atoms with Crippen LogP contribution in [0.2, 0.25) is 0 Å². The number of piperidine rings is 1. The zero-order valence-electron chi connectivity index (χ0n) is 17.9. The first kappa shape index (κ1) is 20.3. The Kier molecular flexibility index (Phi) is 6.77. The first-order valence-corrected chi connectivity index (χ1v) is 11.2. The molecule has 0 radical (unpaired) electrons. The van der Waals surface area contributed by atoms with E-state index < -0.39 is 0 Å². The summed E-state index contributed by atoms with van der Waals surface area (Å²) in [5.74, 6) is 3.19. The lowest BCUT2D eigenvalue weighted by atomic mass is 9.99. The zero-order valence-corrected chi connectivity index (χ0v) is 17.9. The number of piperazine rings is 1. The lowest BCUT2D eigenvalue weighted by Gasteiger charge is -2.33. The number of hydrogen-bond donors (Lipinski definition) is 0. The van der Waals surface area contributed by atoms with Crippen LogP contribution in [0.1, 0.15) is 45.4 Å². The average molecular weight is 399 g/mol. The number of rotatable bonds is 7. The fourth-order valence-corrected chi connectivity index (χ4v) is 4.12. The van der Waals surface area contributed by atoms with Gasteiger partial charge in [0.15, 0.2) is 0 Å². The monoisotopic (exact) mass is 398 g/mol. The molecule has 0 bridgehead atoms. The third-order valence-corrected chi connectivity index (χ3v) is 6.23. The number of pyridine rings is 1. The van der Waals surface area contributed by atoms with Gasteiger partial charge in [0, 0.05) is 51.0 Å². The Morgan fingerprint density at radius 3 is 2.48 bits per heavy atom. The Bertz CT molecular complexity index is 745. The van der Waals surface area contributed by atoms with Gasteiger partial charge in [-0.15, -0.1) is 0 Å². The van der Waals surface area contributed by atoms with Crippen LogP contribution in [0, 0.1) is 5.92 Å². The molecule has 2 aromatic rings. The normalized spacial score (nSPS) is 19.7. The van der Waals surface area contributed by atoms with Crippen molar-refractivity contribution in [2.45, 2.75) is 46.1 Å². The second-order valence-corrected chi connectivity index (χ2v) is 8.56. The molecule has 0 atom stereocenters. The summed E-state index contributed by atoms with van der Waals surface area (Å²) in [4.78, 5) is 16.6. The van der Waals surface area contributed by atoms with Crippen molar-refractivity contribution in [3.05, 3.63) is 24.2 Å². The molecular weight excluding hydrogens is 364 g/mol. The summed E-state index contributed by atoms with van der Waals surface area (Å²) in [6.45, 7) is 13.1. The summed E-state index contributed by atoms with van der Waals surface area (Å²) in [5.41, 5.74) is 0.915. The fourth-order valence-electron chi connectivity index (χ4n) is 4.12. The van der Waals surface area contributed by atoms with Crippen LogP contribution in [0.3, 0.4) is 0 Å². The van der Waals surface area contributed by atoms with E-state index in [0.29, 0.717) is 11.7 Å². The molecule has 0 aromatic carbocycles. The zero-order chi connectivity index (χ0) is 20.1. The predicted molar refractivity (Wildman–Crippen MR) is 115 cm³/mol. The highest BCUT2D eigenvalue weighted by molar-refractivity contribution is 5.55. The topological polar surface area (TPSA) is 61.5 Å². The molecule has 7 heteroatoms. The Morgan fingerprint density at radius 1 is 1.03 bits per heavy atom. The largest absolute Gasteiger partial charge is 0.357 e. The van der Waals surface area contributed by atoms with Crippen LogP contribution in [-0.4, -0.2) is 70.7 Å². The predicted octanol–water partition coefficient (Wildman–Crippen LogP) is 3.29. The van der Waals surface area contributed by atoms with Gasteiger partial charge in [0.2, 0.25) is 11.7 Å². The Morgan fingerprint density at radius 2 is 1.79 bits per heavy atom. The summed E-state index contributed by atoms with van der Waals surface area (Å²) in [6, 6.07) is 4.14. The van der Waals surface area contributed by atoms with Crippen molar-refractivity contribution in [3.63, 3.8) is 0 Å². The molecule has 2 aliphatic rings. The minimum absolute atomic E-state index is 0.632. The van der Waals surface area contributed by atoms with E-state index in [1.807, 2.05) is 6.20 Å². The quantitative estimate of drug-likeness (QED) is 0.709. The molecule has 0 N–H and O–H groups in total. The van der Waals surface area contributed by atoms with Gasteiger partial charge in [-0.05, 0) is 43.9 Å². The summed E-state index contributed by atoms with van der Waals surface area (Å²) in [6.07, 6.45) is 6.90. The van der Waals surface area contributed by atoms with Gasteiger partial charge >= 0.3 is 0 Å². The maximum atomic E-state index is 5.52. The maximum Gasteiger partial charge on any atom is 0.241 e. The molecule has 2 saturated heterocycles. The molecule has 29 heavy (non-hydrogen) atoms. The molecule has 0 saturated carbocycles.